The second-order valence-corrected chi connectivity index (χ2v) is 11.1. The fourth-order valence-electron chi connectivity index (χ4n) is 6.21. The minimum absolute atomic E-state index is 0.0810. The number of rotatable bonds is 4. The summed E-state index contributed by atoms with van der Waals surface area (Å²) in [6.07, 6.45) is 0. The van der Waals surface area contributed by atoms with Crippen LogP contribution in [0.15, 0.2) is 133 Å². The predicted molar refractivity (Wildman–Crippen MR) is 166 cm³/mol. The molecule has 0 atom stereocenters. The molecule has 7 rings (SSSR count). The lowest BCUT2D eigenvalue weighted by molar-refractivity contribution is 0.661. The van der Waals surface area contributed by atoms with Gasteiger partial charge < -0.3 is 4.90 Å². The molecule has 0 bridgehead atoms. The zero-order valence-electron chi connectivity index (χ0n) is 22.6. The minimum Gasteiger partial charge on any atom is -0.310 e. The number of aryl methyl sites for hydroxylation is 1. The lowest BCUT2D eigenvalue weighted by Crippen LogP contribution is -2.16. The molecule has 0 N–H and O–H groups in total. The Kier molecular flexibility index (Phi) is 5.42. The van der Waals surface area contributed by atoms with Crippen molar-refractivity contribution in [1.82, 2.24) is 0 Å². The summed E-state index contributed by atoms with van der Waals surface area (Å²) >= 11 is 0. The molecule has 39 heavy (non-hydrogen) atoms. The Morgan fingerprint density at radius 1 is 0.513 bits per heavy atom. The SMILES string of the molecule is Cc1ccc(-c2ccc(N(c3ccccc3)c3ccc4c(c3)C(C)(C)c3ccc5ccccc5c3-4)cc2)cc1. The van der Waals surface area contributed by atoms with E-state index in [1.165, 1.54) is 55.4 Å². The molecule has 1 nitrogen and oxygen atoms in total. The van der Waals surface area contributed by atoms with Gasteiger partial charge in [-0.15, -0.1) is 0 Å². The number of hydrogen-bond donors (Lipinski definition) is 0. The number of hydrogen-bond acceptors (Lipinski definition) is 1. The summed E-state index contributed by atoms with van der Waals surface area (Å²) in [6.45, 7) is 6.85. The van der Waals surface area contributed by atoms with Crippen molar-refractivity contribution in [2.45, 2.75) is 26.2 Å². The molecular formula is C38H31N. The Balaban J connectivity index is 1.36. The van der Waals surface area contributed by atoms with E-state index in [9.17, 15) is 0 Å². The van der Waals surface area contributed by atoms with E-state index in [1.807, 2.05) is 0 Å². The third-order valence-electron chi connectivity index (χ3n) is 8.33. The van der Waals surface area contributed by atoms with E-state index in [0.717, 1.165) is 11.4 Å². The van der Waals surface area contributed by atoms with Crippen molar-refractivity contribution in [3.8, 4) is 22.3 Å². The fraction of sp³-hybridized carbons (Fsp3) is 0.105. The highest BCUT2D eigenvalue weighted by molar-refractivity contribution is 6.03. The molecule has 0 fully saturated rings. The fourth-order valence-corrected chi connectivity index (χ4v) is 6.21. The van der Waals surface area contributed by atoms with E-state index in [4.69, 9.17) is 0 Å². The average Bonchev–Trinajstić information content (AvgIpc) is 3.21. The van der Waals surface area contributed by atoms with Crippen LogP contribution in [0.1, 0.15) is 30.5 Å². The molecule has 0 heterocycles. The van der Waals surface area contributed by atoms with Gasteiger partial charge in [0.05, 0.1) is 0 Å². The quantitative estimate of drug-likeness (QED) is 0.232. The van der Waals surface area contributed by atoms with Crippen LogP contribution >= 0.6 is 0 Å². The van der Waals surface area contributed by atoms with Crippen molar-refractivity contribution < 1.29 is 0 Å². The molecule has 0 unspecified atom stereocenters. The van der Waals surface area contributed by atoms with E-state index in [-0.39, 0.29) is 5.41 Å². The smallest absolute Gasteiger partial charge is 0.0465 e. The topological polar surface area (TPSA) is 3.24 Å². The van der Waals surface area contributed by atoms with Gasteiger partial charge in [0.1, 0.15) is 0 Å². The molecule has 188 valence electrons. The van der Waals surface area contributed by atoms with Crippen LogP contribution in [0.2, 0.25) is 0 Å². The number of anilines is 3. The van der Waals surface area contributed by atoms with Gasteiger partial charge in [0.2, 0.25) is 0 Å². The van der Waals surface area contributed by atoms with E-state index >= 15 is 0 Å². The second kappa shape index (κ2) is 8.99. The van der Waals surface area contributed by atoms with Crippen molar-refractivity contribution in [3.63, 3.8) is 0 Å². The molecule has 0 saturated carbocycles. The normalized spacial score (nSPS) is 13.2. The van der Waals surface area contributed by atoms with Crippen LogP contribution in [0.3, 0.4) is 0 Å². The molecule has 1 aliphatic carbocycles. The molecule has 1 heteroatoms. The predicted octanol–water partition coefficient (Wildman–Crippen LogP) is 10.6. The van der Waals surface area contributed by atoms with Gasteiger partial charge in [0, 0.05) is 22.5 Å². The highest BCUT2D eigenvalue weighted by atomic mass is 15.1. The van der Waals surface area contributed by atoms with Gasteiger partial charge in [-0.05, 0) is 87.5 Å². The van der Waals surface area contributed by atoms with Crippen molar-refractivity contribution in [3.05, 3.63) is 150 Å². The van der Waals surface area contributed by atoms with Gasteiger partial charge in [0.15, 0.2) is 0 Å². The van der Waals surface area contributed by atoms with Crippen molar-refractivity contribution in [2.75, 3.05) is 4.90 Å². The maximum absolute atomic E-state index is 2.41. The monoisotopic (exact) mass is 501 g/mol. The van der Waals surface area contributed by atoms with E-state index in [0.29, 0.717) is 0 Å². The zero-order valence-corrected chi connectivity index (χ0v) is 22.6. The first-order valence-electron chi connectivity index (χ1n) is 13.7. The molecule has 1 aliphatic rings. The molecule has 6 aromatic rings. The maximum Gasteiger partial charge on any atom is 0.0465 e. The Bertz CT molecular complexity index is 1810. The molecular weight excluding hydrogens is 470 g/mol. The summed E-state index contributed by atoms with van der Waals surface area (Å²) in [6, 6.07) is 48.8. The molecule has 0 amide bonds. The van der Waals surface area contributed by atoms with Gasteiger partial charge in [-0.2, -0.15) is 0 Å². The van der Waals surface area contributed by atoms with Crippen LogP contribution < -0.4 is 4.90 Å². The third kappa shape index (κ3) is 3.85. The summed E-state index contributed by atoms with van der Waals surface area (Å²) < 4.78 is 0. The van der Waals surface area contributed by atoms with E-state index in [1.54, 1.807) is 0 Å². The summed E-state index contributed by atoms with van der Waals surface area (Å²) in [7, 11) is 0. The van der Waals surface area contributed by atoms with Gasteiger partial charge in [-0.1, -0.05) is 116 Å². The molecule has 0 saturated heterocycles. The Labute approximate surface area is 231 Å². The number of para-hydroxylation sites is 1. The summed E-state index contributed by atoms with van der Waals surface area (Å²) in [5, 5.41) is 2.63. The highest BCUT2D eigenvalue weighted by Gasteiger charge is 2.37. The number of fused-ring (bicyclic) bond motifs is 5. The minimum atomic E-state index is -0.0810. The molecule has 0 radical (unpaired) electrons. The standard InChI is InChI=1S/C38H31N/c1-26-13-15-27(16-14-26)28-17-20-31(21-18-28)39(30-10-5-4-6-11-30)32-22-23-34-36(25-32)38(2,3)35-24-19-29-9-7-8-12-33(29)37(34)35/h4-25H,1-3H3. The summed E-state index contributed by atoms with van der Waals surface area (Å²) in [5.74, 6) is 0. The lowest BCUT2D eigenvalue weighted by atomic mass is 9.82. The Morgan fingerprint density at radius 3 is 1.87 bits per heavy atom. The van der Waals surface area contributed by atoms with Gasteiger partial charge in [0.25, 0.3) is 0 Å². The first-order chi connectivity index (χ1) is 19.0. The first kappa shape index (κ1) is 23.5. The summed E-state index contributed by atoms with van der Waals surface area (Å²) in [4.78, 5) is 2.37. The first-order valence-corrected chi connectivity index (χ1v) is 13.7. The summed E-state index contributed by atoms with van der Waals surface area (Å²) in [5.41, 5.74) is 12.6. The van der Waals surface area contributed by atoms with Crippen LogP contribution in [0.25, 0.3) is 33.0 Å². The van der Waals surface area contributed by atoms with Crippen LogP contribution in [-0.2, 0) is 5.41 Å². The van der Waals surface area contributed by atoms with Crippen LogP contribution in [-0.4, -0.2) is 0 Å². The van der Waals surface area contributed by atoms with Crippen molar-refractivity contribution >= 4 is 27.8 Å². The largest absolute Gasteiger partial charge is 0.310 e. The molecule has 0 aromatic heterocycles. The molecule has 0 aliphatic heterocycles. The van der Waals surface area contributed by atoms with E-state index in [2.05, 4.69) is 159 Å². The Hall–Kier alpha value is -4.62. The van der Waals surface area contributed by atoms with Crippen LogP contribution in [0.5, 0.6) is 0 Å². The van der Waals surface area contributed by atoms with Crippen LogP contribution in [0.4, 0.5) is 17.1 Å². The second-order valence-electron chi connectivity index (χ2n) is 11.1. The van der Waals surface area contributed by atoms with Gasteiger partial charge >= 0.3 is 0 Å². The number of benzene rings is 6. The highest BCUT2D eigenvalue weighted by Crippen LogP contribution is 2.52. The molecule has 0 spiro atoms. The zero-order chi connectivity index (χ0) is 26.6. The molecule has 6 aromatic carbocycles. The van der Waals surface area contributed by atoms with Crippen LogP contribution in [0, 0.1) is 6.92 Å². The average molecular weight is 502 g/mol. The third-order valence-corrected chi connectivity index (χ3v) is 8.33. The van der Waals surface area contributed by atoms with Crippen molar-refractivity contribution in [2.24, 2.45) is 0 Å². The van der Waals surface area contributed by atoms with Gasteiger partial charge in [-0.25, -0.2) is 0 Å². The maximum atomic E-state index is 2.41. The lowest BCUT2D eigenvalue weighted by Gasteiger charge is -2.28. The van der Waals surface area contributed by atoms with Gasteiger partial charge in [-0.3, -0.25) is 0 Å². The van der Waals surface area contributed by atoms with Crippen molar-refractivity contribution in [1.29, 1.82) is 0 Å². The Morgan fingerprint density at radius 2 is 1.13 bits per heavy atom. The number of nitrogens with zero attached hydrogens (tertiary/aromatic N) is 1. The van der Waals surface area contributed by atoms with E-state index < -0.39 is 0 Å².